The van der Waals surface area contributed by atoms with E-state index in [-0.39, 0.29) is 27.5 Å². The maximum atomic E-state index is 14.9. The smallest absolute Gasteiger partial charge is 0.238 e. The van der Waals surface area contributed by atoms with Gasteiger partial charge in [0.05, 0.1) is 23.6 Å². The van der Waals surface area contributed by atoms with Crippen molar-refractivity contribution in [1.82, 2.24) is 19.7 Å². The molecule has 1 aliphatic heterocycles. The molecule has 2 N–H and O–H groups in total. The van der Waals surface area contributed by atoms with E-state index in [1.54, 1.807) is 0 Å². The van der Waals surface area contributed by atoms with Gasteiger partial charge in [0.25, 0.3) is 0 Å². The maximum absolute atomic E-state index is 14.9. The van der Waals surface area contributed by atoms with Gasteiger partial charge in [0.2, 0.25) is 10.0 Å². The van der Waals surface area contributed by atoms with Crippen molar-refractivity contribution in [2.75, 3.05) is 13.1 Å². The zero-order valence-corrected chi connectivity index (χ0v) is 19.2. The molecule has 0 unspecified atom stereocenters. The molecule has 1 saturated heterocycles. The summed E-state index contributed by atoms with van der Waals surface area (Å²) in [5.74, 6) is 0.380. The number of sulfonamides is 1. The van der Waals surface area contributed by atoms with Crippen molar-refractivity contribution < 1.29 is 22.2 Å². The van der Waals surface area contributed by atoms with Crippen LogP contribution < -0.4 is 9.84 Å². The molecule has 0 aliphatic carbocycles. The van der Waals surface area contributed by atoms with Gasteiger partial charge in [-0.15, -0.1) is 5.10 Å². The number of benzene rings is 2. The minimum atomic E-state index is -4.01. The van der Waals surface area contributed by atoms with Crippen LogP contribution in [0.2, 0.25) is 0 Å². The zero-order chi connectivity index (χ0) is 22.9. The molecule has 0 spiro atoms. The summed E-state index contributed by atoms with van der Waals surface area (Å²) < 4.78 is 45.3. The largest absolute Gasteiger partial charge is 1.00 e. The highest BCUT2D eigenvalue weighted by Crippen LogP contribution is 2.21. The number of nitrogens with zero attached hydrogens (tertiary/aromatic N) is 4. The van der Waals surface area contributed by atoms with Crippen LogP contribution >= 0.6 is 0 Å². The summed E-state index contributed by atoms with van der Waals surface area (Å²) in [5, 5.41) is 9.71. The maximum Gasteiger partial charge on any atom is 0.238 e. The topological polar surface area (TPSA) is 103 Å². The third kappa shape index (κ3) is 5.99. The van der Waals surface area contributed by atoms with Crippen LogP contribution in [0.5, 0.6) is 0 Å². The summed E-state index contributed by atoms with van der Waals surface area (Å²) in [7, 11) is -4.01. The lowest BCUT2D eigenvalue weighted by Gasteiger charge is -2.34. The molecule has 0 bridgehead atoms. The van der Waals surface area contributed by atoms with Crippen LogP contribution in [0.3, 0.4) is 0 Å². The Hall–Kier alpha value is -2.73. The molecule has 0 saturated carbocycles. The molecular weight excluding hydrogens is 452 g/mol. The molecule has 1 aliphatic rings. The van der Waals surface area contributed by atoms with Crippen LogP contribution in [0, 0.1) is 5.82 Å². The number of morpholine rings is 1. The molecular formula is C22H26F2N5O3S-. The highest BCUT2D eigenvalue weighted by atomic mass is 32.2. The highest BCUT2D eigenvalue weighted by molar-refractivity contribution is 7.89. The fourth-order valence-electron chi connectivity index (χ4n) is 3.99. The Morgan fingerprint density at radius 3 is 2.39 bits per heavy atom. The molecule has 33 heavy (non-hydrogen) atoms. The van der Waals surface area contributed by atoms with E-state index >= 15 is 0 Å². The second-order valence-corrected chi connectivity index (χ2v) is 9.69. The lowest BCUT2D eigenvalue weighted by molar-refractivity contribution is -0.0710. The van der Waals surface area contributed by atoms with Gasteiger partial charge in [0.1, 0.15) is 17.3 Å². The average Bonchev–Trinajstić information content (AvgIpc) is 3.09. The number of hydrogen-bond donors (Lipinski definition) is 1. The minimum absolute atomic E-state index is 0. The Bertz CT molecular complexity index is 1190. The van der Waals surface area contributed by atoms with Crippen molar-refractivity contribution >= 4 is 10.0 Å². The quantitative estimate of drug-likeness (QED) is 0.501. The Morgan fingerprint density at radius 2 is 1.79 bits per heavy atom. The van der Waals surface area contributed by atoms with Crippen molar-refractivity contribution in [2.24, 2.45) is 5.14 Å². The van der Waals surface area contributed by atoms with E-state index < -0.39 is 15.8 Å². The average molecular weight is 479 g/mol. The highest BCUT2D eigenvalue weighted by Gasteiger charge is 2.24. The molecule has 0 amide bonds. The van der Waals surface area contributed by atoms with Crippen LogP contribution in [0.25, 0.3) is 5.69 Å². The number of nitrogens with two attached hydrogens (primary N) is 1. The van der Waals surface area contributed by atoms with Gasteiger partial charge in [-0.25, -0.2) is 27.6 Å². The fourth-order valence-corrected chi connectivity index (χ4v) is 4.52. The third-order valence-corrected chi connectivity index (χ3v) is 6.17. The summed E-state index contributed by atoms with van der Waals surface area (Å²) in [5.41, 5.74) is 1.12. The van der Waals surface area contributed by atoms with Gasteiger partial charge in [-0.05, 0) is 37.6 Å². The van der Waals surface area contributed by atoms with Crippen molar-refractivity contribution in [3.05, 3.63) is 71.6 Å². The molecule has 3 aromatic rings. The minimum Gasteiger partial charge on any atom is -1.00 e. The van der Waals surface area contributed by atoms with Gasteiger partial charge >= 0.3 is 0 Å². The van der Waals surface area contributed by atoms with Gasteiger partial charge in [-0.2, -0.15) is 0 Å². The number of primary sulfonamides is 1. The van der Waals surface area contributed by atoms with E-state index in [0.29, 0.717) is 24.6 Å². The van der Waals surface area contributed by atoms with E-state index in [9.17, 15) is 12.8 Å². The summed E-state index contributed by atoms with van der Waals surface area (Å²) >= 11 is 0. The van der Waals surface area contributed by atoms with E-state index in [1.165, 1.54) is 16.8 Å². The van der Waals surface area contributed by atoms with Crippen LogP contribution in [0.15, 0.2) is 53.4 Å². The SMILES string of the molecule is C[C@@H]1CN(Cc2nc(Cc3ccccc3)n(-c3ccc(S(N)(=O)=O)cc3F)n2)C[C@H](C)O1.[F-]. The third-order valence-electron chi connectivity index (χ3n) is 5.26. The van der Waals surface area contributed by atoms with Gasteiger partial charge in [-0.1, -0.05) is 30.3 Å². The number of ether oxygens (including phenoxy) is 1. The molecule has 2 atom stereocenters. The first-order valence-electron chi connectivity index (χ1n) is 10.4. The molecule has 178 valence electrons. The fraction of sp³-hybridized carbons (Fsp3) is 0.364. The van der Waals surface area contributed by atoms with Crippen molar-refractivity contribution in [1.29, 1.82) is 0 Å². The second kappa shape index (κ2) is 10.0. The van der Waals surface area contributed by atoms with Crippen LogP contribution in [0.1, 0.15) is 31.1 Å². The van der Waals surface area contributed by atoms with Crippen molar-refractivity contribution in [3.8, 4) is 5.69 Å². The van der Waals surface area contributed by atoms with Crippen LogP contribution in [0.4, 0.5) is 4.39 Å². The molecule has 1 aromatic heterocycles. The zero-order valence-electron chi connectivity index (χ0n) is 18.4. The molecule has 8 nitrogen and oxygen atoms in total. The number of hydrogen-bond acceptors (Lipinski definition) is 6. The Kier molecular flexibility index (Phi) is 7.58. The van der Waals surface area contributed by atoms with Crippen LogP contribution in [-0.4, -0.2) is 53.4 Å². The summed E-state index contributed by atoms with van der Waals surface area (Å²) in [4.78, 5) is 6.62. The number of aromatic nitrogens is 3. The lowest BCUT2D eigenvalue weighted by Crippen LogP contribution is -3.00. The van der Waals surface area contributed by atoms with E-state index in [4.69, 9.17) is 14.9 Å². The molecule has 2 heterocycles. The van der Waals surface area contributed by atoms with E-state index in [1.807, 2.05) is 44.2 Å². The predicted molar refractivity (Wildman–Crippen MR) is 117 cm³/mol. The van der Waals surface area contributed by atoms with Gasteiger partial charge in [0.15, 0.2) is 5.82 Å². The summed E-state index contributed by atoms with van der Waals surface area (Å²) in [6, 6.07) is 13.2. The standard InChI is InChI=1S/C22H26FN5O3S.FH/c1-15-12-27(13-16(2)31-15)14-21-25-22(10-17-6-4-3-5-7-17)28(26-21)20-9-8-18(11-19(20)23)32(24,29)30;/h3-9,11,15-16H,10,12-14H2,1-2H3,(H2,24,29,30);1H/p-1/t15-,16+;. The van der Waals surface area contributed by atoms with Gasteiger partial charge < -0.3 is 9.44 Å². The first-order valence-corrected chi connectivity index (χ1v) is 11.9. The normalized spacial score (nSPS) is 19.3. The van der Waals surface area contributed by atoms with Gasteiger partial charge in [0, 0.05) is 19.5 Å². The molecule has 1 fully saturated rings. The number of halogens is 2. The molecule has 11 heteroatoms. The Balaban J connectivity index is 0.00000306. The predicted octanol–water partition coefficient (Wildman–Crippen LogP) is -0.742. The molecule has 0 radical (unpaired) electrons. The van der Waals surface area contributed by atoms with Crippen molar-refractivity contribution in [2.45, 2.75) is 43.9 Å². The summed E-state index contributed by atoms with van der Waals surface area (Å²) in [6.07, 6.45) is 0.654. The number of rotatable bonds is 6. The van der Waals surface area contributed by atoms with Gasteiger partial charge in [-0.3, -0.25) is 4.90 Å². The molecule has 2 aromatic carbocycles. The second-order valence-electron chi connectivity index (χ2n) is 8.13. The monoisotopic (exact) mass is 478 g/mol. The first kappa shape index (κ1) is 24.9. The Labute approximate surface area is 191 Å². The van der Waals surface area contributed by atoms with Crippen molar-refractivity contribution in [3.63, 3.8) is 0 Å². The Morgan fingerprint density at radius 1 is 1.12 bits per heavy atom. The summed E-state index contributed by atoms with van der Waals surface area (Å²) in [6.45, 7) is 6.06. The van der Waals surface area contributed by atoms with E-state index in [0.717, 1.165) is 24.7 Å². The van der Waals surface area contributed by atoms with E-state index in [2.05, 4.69) is 10.00 Å². The van der Waals surface area contributed by atoms with Crippen LogP contribution in [-0.2, 0) is 27.7 Å². The lowest BCUT2D eigenvalue weighted by atomic mass is 10.1. The molecule has 4 rings (SSSR count). The first-order chi connectivity index (χ1) is 15.2.